The Morgan fingerprint density at radius 2 is 1.82 bits per heavy atom. The number of likely N-dealkylation sites (tertiary alicyclic amines) is 1. The summed E-state index contributed by atoms with van der Waals surface area (Å²) < 4.78 is 5.34. The molecule has 3 rings (SSSR count). The second-order valence-corrected chi connectivity index (χ2v) is 6.69. The molecule has 1 amide bonds. The van der Waals surface area contributed by atoms with Gasteiger partial charge in [0, 0.05) is 26.3 Å². The smallest absolute Gasteiger partial charge is 0.242 e. The van der Waals surface area contributed by atoms with E-state index >= 15 is 0 Å². The van der Waals surface area contributed by atoms with Crippen LogP contribution < -0.4 is 5.73 Å². The largest absolute Gasteiger partial charge is 0.381 e. The molecule has 0 aromatic heterocycles. The monoisotopic (exact) mass is 302 g/mol. The molecule has 22 heavy (non-hydrogen) atoms. The number of hydrogen-bond acceptors (Lipinski definition) is 3. The van der Waals surface area contributed by atoms with Crippen molar-refractivity contribution in [2.45, 2.75) is 37.6 Å². The zero-order valence-electron chi connectivity index (χ0n) is 13.2. The van der Waals surface area contributed by atoms with Gasteiger partial charge in [-0.3, -0.25) is 4.79 Å². The summed E-state index contributed by atoms with van der Waals surface area (Å²) in [6.45, 7) is 2.89. The lowest BCUT2D eigenvalue weighted by Crippen LogP contribution is -2.59. The normalized spacial score (nSPS) is 22.5. The highest BCUT2D eigenvalue weighted by Gasteiger charge is 2.39. The lowest BCUT2D eigenvalue weighted by atomic mass is 9.86. The van der Waals surface area contributed by atoms with Crippen molar-refractivity contribution in [1.29, 1.82) is 0 Å². The van der Waals surface area contributed by atoms with Gasteiger partial charge in [-0.2, -0.15) is 0 Å². The first-order valence-corrected chi connectivity index (χ1v) is 8.37. The van der Waals surface area contributed by atoms with Crippen molar-refractivity contribution in [3.8, 4) is 0 Å². The second-order valence-electron chi connectivity index (χ2n) is 6.69. The Bertz CT molecular complexity index is 489. The van der Waals surface area contributed by atoms with Crippen molar-refractivity contribution in [3.05, 3.63) is 35.9 Å². The fraction of sp³-hybridized carbons (Fsp3) is 0.611. The average molecular weight is 302 g/mol. The first kappa shape index (κ1) is 15.5. The van der Waals surface area contributed by atoms with E-state index in [1.54, 1.807) is 0 Å². The maximum absolute atomic E-state index is 12.7. The van der Waals surface area contributed by atoms with Crippen LogP contribution in [0, 0.1) is 5.92 Å². The predicted octanol–water partition coefficient (Wildman–Crippen LogP) is 1.98. The Morgan fingerprint density at radius 3 is 2.45 bits per heavy atom. The number of nitrogens with zero attached hydrogens (tertiary/aromatic N) is 1. The van der Waals surface area contributed by atoms with E-state index in [1.807, 2.05) is 4.90 Å². The molecule has 0 spiro atoms. The molecule has 4 nitrogen and oxygen atoms in total. The van der Waals surface area contributed by atoms with Gasteiger partial charge in [-0.1, -0.05) is 30.3 Å². The van der Waals surface area contributed by atoms with Crippen LogP contribution in [-0.2, 0) is 16.0 Å². The van der Waals surface area contributed by atoms with E-state index in [-0.39, 0.29) is 5.91 Å². The fourth-order valence-corrected chi connectivity index (χ4v) is 3.55. The summed E-state index contributed by atoms with van der Waals surface area (Å²) in [6, 6.07) is 10.6. The summed E-state index contributed by atoms with van der Waals surface area (Å²) in [5, 5.41) is 0. The Hall–Kier alpha value is -1.39. The van der Waals surface area contributed by atoms with E-state index in [9.17, 15) is 4.79 Å². The van der Waals surface area contributed by atoms with Crippen molar-refractivity contribution in [1.82, 2.24) is 4.90 Å². The Labute approximate surface area is 132 Å². The zero-order chi connectivity index (χ0) is 15.4. The SMILES string of the molecule is NC1(C(=O)N2CCC(Cc3ccccc3)CC2)CCOCC1. The molecule has 2 N–H and O–H groups in total. The van der Waals surface area contributed by atoms with Gasteiger partial charge in [0.05, 0.1) is 5.54 Å². The highest BCUT2D eigenvalue weighted by atomic mass is 16.5. The minimum atomic E-state index is -0.690. The molecule has 0 aliphatic carbocycles. The van der Waals surface area contributed by atoms with Gasteiger partial charge < -0.3 is 15.4 Å². The van der Waals surface area contributed by atoms with Gasteiger partial charge in [0.2, 0.25) is 5.91 Å². The van der Waals surface area contributed by atoms with E-state index in [2.05, 4.69) is 30.3 Å². The molecule has 1 aromatic carbocycles. The van der Waals surface area contributed by atoms with Gasteiger partial charge in [-0.25, -0.2) is 0 Å². The Kier molecular flexibility index (Phi) is 4.79. The van der Waals surface area contributed by atoms with Gasteiger partial charge in [0.15, 0.2) is 0 Å². The number of benzene rings is 1. The van der Waals surface area contributed by atoms with E-state index in [1.165, 1.54) is 5.56 Å². The first-order valence-electron chi connectivity index (χ1n) is 8.37. The predicted molar refractivity (Wildman–Crippen MR) is 86.4 cm³/mol. The van der Waals surface area contributed by atoms with Crippen molar-refractivity contribution < 1.29 is 9.53 Å². The summed E-state index contributed by atoms with van der Waals surface area (Å²) in [6.07, 6.45) is 4.57. The molecule has 0 atom stereocenters. The molecule has 0 bridgehead atoms. The Balaban J connectivity index is 1.52. The molecule has 2 heterocycles. The molecule has 0 radical (unpaired) electrons. The number of nitrogens with two attached hydrogens (primary N) is 1. The number of piperidine rings is 1. The topological polar surface area (TPSA) is 55.6 Å². The summed E-state index contributed by atoms with van der Waals surface area (Å²) in [7, 11) is 0. The lowest BCUT2D eigenvalue weighted by molar-refractivity contribution is -0.142. The van der Waals surface area contributed by atoms with Crippen LogP contribution in [0.4, 0.5) is 0 Å². The van der Waals surface area contributed by atoms with Gasteiger partial charge in [-0.05, 0) is 43.6 Å². The van der Waals surface area contributed by atoms with E-state index in [0.717, 1.165) is 32.4 Å². The molecular formula is C18H26N2O2. The molecule has 2 aliphatic rings. The number of rotatable bonds is 3. The number of ether oxygens (including phenoxy) is 1. The van der Waals surface area contributed by atoms with Crippen molar-refractivity contribution in [3.63, 3.8) is 0 Å². The highest BCUT2D eigenvalue weighted by Crippen LogP contribution is 2.26. The minimum Gasteiger partial charge on any atom is -0.381 e. The molecule has 2 saturated heterocycles. The van der Waals surface area contributed by atoms with Gasteiger partial charge in [-0.15, -0.1) is 0 Å². The number of carbonyl (C=O) groups excluding carboxylic acids is 1. The summed E-state index contributed by atoms with van der Waals surface area (Å²) in [4.78, 5) is 14.7. The van der Waals surface area contributed by atoms with Crippen LogP contribution in [0.15, 0.2) is 30.3 Å². The van der Waals surface area contributed by atoms with Crippen LogP contribution in [0.3, 0.4) is 0 Å². The van der Waals surface area contributed by atoms with Crippen molar-refractivity contribution in [2.75, 3.05) is 26.3 Å². The van der Waals surface area contributed by atoms with Gasteiger partial charge in [0.1, 0.15) is 0 Å². The third-order valence-electron chi connectivity index (χ3n) is 5.08. The average Bonchev–Trinajstić information content (AvgIpc) is 2.56. The third-order valence-corrected chi connectivity index (χ3v) is 5.08. The lowest BCUT2D eigenvalue weighted by Gasteiger charge is -2.40. The molecule has 2 aliphatic heterocycles. The molecule has 1 aromatic rings. The van der Waals surface area contributed by atoms with Crippen molar-refractivity contribution >= 4 is 5.91 Å². The summed E-state index contributed by atoms with van der Waals surface area (Å²) in [5.41, 5.74) is 7.03. The highest BCUT2D eigenvalue weighted by molar-refractivity contribution is 5.86. The quantitative estimate of drug-likeness (QED) is 0.929. The molecular weight excluding hydrogens is 276 g/mol. The fourth-order valence-electron chi connectivity index (χ4n) is 3.55. The van der Waals surface area contributed by atoms with Crippen molar-refractivity contribution in [2.24, 2.45) is 11.7 Å². The van der Waals surface area contributed by atoms with Gasteiger partial charge in [0.25, 0.3) is 0 Å². The maximum atomic E-state index is 12.7. The zero-order valence-corrected chi connectivity index (χ0v) is 13.2. The van der Waals surface area contributed by atoms with Crippen LogP contribution in [0.25, 0.3) is 0 Å². The van der Waals surface area contributed by atoms with E-state index in [4.69, 9.17) is 10.5 Å². The maximum Gasteiger partial charge on any atom is 0.242 e. The van der Waals surface area contributed by atoms with Crippen LogP contribution in [0.1, 0.15) is 31.2 Å². The summed E-state index contributed by atoms with van der Waals surface area (Å²) in [5.74, 6) is 0.809. The molecule has 0 unspecified atom stereocenters. The summed E-state index contributed by atoms with van der Waals surface area (Å²) >= 11 is 0. The van der Waals surface area contributed by atoms with Crippen LogP contribution in [-0.4, -0.2) is 42.6 Å². The first-order chi connectivity index (χ1) is 10.7. The number of hydrogen-bond donors (Lipinski definition) is 1. The number of amides is 1. The molecule has 4 heteroatoms. The van der Waals surface area contributed by atoms with Gasteiger partial charge >= 0.3 is 0 Å². The third kappa shape index (κ3) is 3.50. The minimum absolute atomic E-state index is 0.133. The standard InChI is InChI=1S/C18H26N2O2/c19-18(8-12-22-13-9-18)17(21)20-10-6-16(7-11-20)14-15-4-2-1-3-5-15/h1-5,16H,6-14,19H2. The number of carbonyl (C=O) groups is 1. The van der Waals surface area contributed by atoms with E-state index < -0.39 is 5.54 Å². The molecule has 0 saturated carbocycles. The van der Waals surface area contributed by atoms with E-state index in [0.29, 0.717) is 32.0 Å². The second kappa shape index (κ2) is 6.80. The Morgan fingerprint density at radius 1 is 1.18 bits per heavy atom. The van der Waals surface area contributed by atoms with Crippen LogP contribution in [0.5, 0.6) is 0 Å². The molecule has 120 valence electrons. The van der Waals surface area contributed by atoms with Crippen LogP contribution >= 0.6 is 0 Å². The van der Waals surface area contributed by atoms with Crippen LogP contribution in [0.2, 0.25) is 0 Å². The molecule has 2 fully saturated rings.